The van der Waals surface area contributed by atoms with Crippen LogP contribution < -0.4 is 5.32 Å². The Bertz CT molecular complexity index is 378. The first kappa shape index (κ1) is 11.1. The van der Waals surface area contributed by atoms with Crippen LogP contribution in [0.15, 0.2) is 28.7 Å². The largest absolute Gasteiger partial charge is 0.349 e. The van der Waals surface area contributed by atoms with E-state index in [1.54, 1.807) is 0 Å². The van der Waals surface area contributed by atoms with Gasteiger partial charge < -0.3 is 4.74 Å². The second-order valence-corrected chi connectivity index (χ2v) is 5.67. The Labute approximate surface area is 99.1 Å². The second kappa shape index (κ2) is 3.58. The van der Waals surface area contributed by atoms with Crippen LogP contribution in [0, 0.1) is 0 Å². The van der Waals surface area contributed by atoms with Gasteiger partial charge in [-0.15, -0.1) is 0 Å². The molecule has 1 fully saturated rings. The minimum atomic E-state index is -0.368. The summed E-state index contributed by atoms with van der Waals surface area (Å²) in [5.41, 5.74) is 0.687. The maximum absolute atomic E-state index is 6.05. The summed E-state index contributed by atoms with van der Waals surface area (Å²) in [7, 11) is 0. The summed E-state index contributed by atoms with van der Waals surface area (Å²) in [4.78, 5) is 0. The maximum atomic E-state index is 6.05. The van der Waals surface area contributed by atoms with Gasteiger partial charge in [-0.1, -0.05) is 28.1 Å². The zero-order valence-electron chi connectivity index (χ0n) is 9.30. The number of rotatable bonds is 1. The number of halogens is 1. The zero-order chi connectivity index (χ0) is 11.1. The first-order chi connectivity index (χ1) is 6.91. The molecule has 0 aliphatic carbocycles. The molecule has 1 atom stereocenters. The van der Waals surface area contributed by atoms with Crippen molar-refractivity contribution in [2.75, 3.05) is 6.54 Å². The van der Waals surface area contributed by atoms with Crippen molar-refractivity contribution in [2.24, 2.45) is 0 Å². The molecule has 1 heterocycles. The molecule has 15 heavy (non-hydrogen) atoms. The predicted molar refractivity (Wildman–Crippen MR) is 64.7 cm³/mol. The molecule has 2 rings (SSSR count). The van der Waals surface area contributed by atoms with Crippen LogP contribution in [0.1, 0.15) is 26.3 Å². The van der Waals surface area contributed by atoms with Crippen molar-refractivity contribution in [3.63, 3.8) is 0 Å². The van der Waals surface area contributed by atoms with Crippen LogP contribution in [0.4, 0.5) is 0 Å². The lowest BCUT2D eigenvalue weighted by molar-refractivity contribution is -0.0839. The van der Waals surface area contributed by atoms with E-state index in [1.165, 1.54) is 0 Å². The van der Waals surface area contributed by atoms with Crippen LogP contribution in [0.5, 0.6) is 0 Å². The minimum Gasteiger partial charge on any atom is -0.349 e. The summed E-state index contributed by atoms with van der Waals surface area (Å²) in [6.45, 7) is 7.14. The van der Waals surface area contributed by atoms with E-state index in [-0.39, 0.29) is 11.3 Å². The number of ether oxygens (including phenoxy) is 1. The molecule has 0 spiro atoms. The SMILES string of the molecule is CC1(C)CNC(C)(c2cccc(Br)c2)O1. The third-order valence-corrected chi connectivity index (χ3v) is 3.20. The average molecular weight is 270 g/mol. The monoisotopic (exact) mass is 269 g/mol. The summed E-state index contributed by atoms with van der Waals surface area (Å²) in [6, 6.07) is 8.22. The molecule has 1 aromatic rings. The van der Waals surface area contributed by atoms with E-state index in [4.69, 9.17) is 4.74 Å². The van der Waals surface area contributed by atoms with Crippen molar-refractivity contribution in [2.45, 2.75) is 32.1 Å². The highest BCUT2D eigenvalue weighted by Gasteiger charge is 2.41. The molecular weight excluding hydrogens is 254 g/mol. The molecule has 0 amide bonds. The Morgan fingerprint density at radius 2 is 2.07 bits per heavy atom. The van der Waals surface area contributed by atoms with Gasteiger partial charge in [0, 0.05) is 11.0 Å². The van der Waals surface area contributed by atoms with Gasteiger partial charge in [-0.2, -0.15) is 0 Å². The molecule has 1 N–H and O–H groups in total. The first-order valence-corrected chi connectivity index (χ1v) is 5.92. The molecule has 2 nitrogen and oxygen atoms in total. The van der Waals surface area contributed by atoms with E-state index < -0.39 is 0 Å². The van der Waals surface area contributed by atoms with Crippen LogP contribution in [-0.4, -0.2) is 12.1 Å². The van der Waals surface area contributed by atoms with Crippen molar-refractivity contribution in [1.29, 1.82) is 0 Å². The second-order valence-electron chi connectivity index (χ2n) is 4.76. The van der Waals surface area contributed by atoms with Crippen LogP contribution in [0.25, 0.3) is 0 Å². The molecule has 1 aliphatic heterocycles. The molecule has 1 saturated heterocycles. The number of benzene rings is 1. The summed E-state index contributed by atoms with van der Waals surface area (Å²) < 4.78 is 7.13. The molecule has 3 heteroatoms. The van der Waals surface area contributed by atoms with Crippen molar-refractivity contribution < 1.29 is 4.74 Å². The van der Waals surface area contributed by atoms with Gasteiger partial charge in [0.1, 0.15) is 5.72 Å². The van der Waals surface area contributed by atoms with Crippen molar-refractivity contribution in [1.82, 2.24) is 5.32 Å². The summed E-state index contributed by atoms with van der Waals surface area (Å²) in [5.74, 6) is 0. The lowest BCUT2D eigenvalue weighted by atomic mass is 10.1. The summed E-state index contributed by atoms with van der Waals surface area (Å²) >= 11 is 3.48. The van der Waals surface area contributed by atoms with E-state index in [1.807, 2.05) is 12.1 Å². The molecule has 0 saturated carbocycles. The fourth-order valence-corrected chi connectivity index (χ4v) is 2.35. The topological polar surface area (TPSA) is 21.3 Å². The van der Waals surface area contributed by atoms with E-state index >= 15 is 0 Å². The van der Waals surface area contributed by atoms with Crippen molar-refractivity contribution in [3.05, 3.63) is 34.3 Å². The third-order valence-electron chi connectivity index (χ3n) is 2.71. The molecule has 0 aromatic heterocycles. The smallest absolute Gasteiger partial charge is 0.143 e. The lowest BCUT2D eigenvalue weighted by Gasteiger charge is -2.27. The summed E-state index contributed by atoms with van der Waals surface area (Å²) in [6.07, 6.45) is 0. The van der Waals surface area contributed by atoms with Crippen LogP contribution in [0.2, 0.25) is 0 Å². The van der Waals surface area contributed by atoms with Gasteiger partial charge in [-0.05, 0) is 38.5 Å². The lowest BCUT2D eigenvalue weighted by Crippen LogP contribution is -2.34. The van der Waals surface area contributed by atoms with Gasteiger partial charge in [0.25, 0.3) is 0 Å². The van der Waals surface area contributed by atoms with Crippen molar-refractivity contribution in [3.8, 4) is 0 Å². The normalized spacial score (nSPS) is 29.3. The van der Waals surface area contributed by atoms with Crippen LogP contribution >= 0.6 is 15.9 Å². The van der Waals surface area contributed by atoms with E-state index in [0.717, 1.165) is 16.6 Å². The van der Waals surface area contributed by atoms with Gasteiger partial charge in [0.05, 0.1) is 5.60 Å². The molecule has 1 aliphatic rings. The van der Waals surface area contributed by atoms with Crippen molar-refractivity contribution >= 4 is 15.9 Å². The molecule has 1 unspecified atom stereocenters. The fourth-order valence-electron chi connectivity index (χ4n) is 1.95. The van der Waals surface area contributed by atoms with Gasteiger partial charge in [-0.3, -0.25) is 5.32 Å². The Morgan fingerprint density at radius 1 is 1.33 bits per heavy atom. The summed E-state index contributed by atoms with van der Waals surface area (Å²) in [5, 5.41) is 3.42. The van der Waals surface area contributed by atoms with E-state index in [9.17, 15) is 0 Å². The fraction of sp³-hybridized carbons (Fsp3) is 0.500. The molecule has 0 bridgehead atoms. The first-order valence-electron chi connectivity index (χ1n) is 5.13. The van der Waals surface area contributed by atoms with Crippen LogP contribution in [0.3, 0.4) is 0 Å². The van der Waals surface area contributed by atoms with Gasteiger partial charge in [0.2, 0.25) is 0 Å². The number of hydrogen-bond acceptors (Lipinski definition) is 2. The maximum Gasteiger partial charge on any atom is 0.143 e. The average Bonchev–Trinajstić information content (AvgIpc) is 2.42. The highest BCUT2D eigenvalue weighted by Crippen LogP contribution is 2.34. The number of hydrogen-bond donors (Lipinski definition) is 1. The molecule has 1 aromatic carbocycles. The highest BCUT2D eigenvalue weighted by molar-refractivity contribution is 9.10. The van der Waals surface area contributed by atoms with Gasteiger partial charge >= 0.3 is 0 Å². The molecular formula is C12H16BrNO. The minimum absolute atomic E-state index is 0.100. The Kier molecular flexibility index (Phi) is 2.65. The van der Waals surface area contributed by atoms with Crippen LogP contribution in [-0.2, 0) is 10.5 Å². The Morgan fingerprint density at radius 3 is 2.60 bits per heavy atom. The number of nitrogens with one attached hydrogen (secondary N) is 1. The predicted octanol–water partition coefficient (Wildman–Crippen LogP) is 3.02. The van der Waals surface area contributed by atoms with E-state index in [0.29, 0.717) is 0 Å². The van der Waals surface area contributed by atoms with E-state index in [2.05, 4.69) is 54.2 Å². The Balaban J connectivity index is 2.31. The third kappa shape index (κ3) is 2.25. The van der Waals surface area contributed by atoms with Gasteiger partial charge in [0.15, 0.2) is 0 Å². The quantitative estimate of drug-likeness (QED) is 0.847. The molecule has 82 valence electrons. The zero-order valence-corrected chi connectivity index (χ0v) is 10.9. The molecule has 0 radical (unpaired) electrons. The van der Waals surface area contributed by atoms with Gasteiger partial charge in [-0.25, -0.2) is 0 Å². The highest BCUT2D eigenvalue weighted by atomic mass is 79.9. The Hall–Kier alpha value is -0.380. The standard InChI is InChI=1S/C12H16BrNO/c1-11(2)8-14-12(3,15-11)9-5-4-6-10(13)7-9/h4-7,14H,8H2,1-3H3.